The zero-order chi connectivity index (χ0) is 15.0. The van der Waals surface area contributed by atoms with E-state index in [0.29, 0.717) is 16.9 Å². The van der Waals surface area contributed by atoms with Crippen LogP contribution in [0.15, 0.2) is 12.3 Å². The Morgan fingerprint density at radius 1 is 1.30 bits per heavy atom. The highest BCUT2D eigenvalue weighted by Crippen LogP contribution is 2.10. The van der Waals surface area contributed by atoms with Crippen molar-refractivity contribution in [3.8, 4) is 0 Å². The minimum absolute atomic E-state index is 0.0792. The third-order valence-electron chi connectivity index (χ3n) is 3.35. The number of rotatable bonds is 8. The number of hydrogen-bond donors (Lipinski definition) is 2. The Bertz CT molecular complexity index is 430. The number of nitrogens with zero attached hydrogens (tertiary/aromatic N) is 1. The second-order valence-corrected chi connectivity index (χ2v) is 5.75. The number of carbonyl (C=O) groups excluding carboxylic acids is 1. The molecule has 20 heavy (non-hydrogen) atoms. The van der Waals surface area contributed by atoms with E-state index in [1.54, 1.807) is 12.3 Å². The second kappa shape index (κ2) is 8.56. The van der Waals surface area contributed by atoms with Crippen molar-refractivity contribution in [1.82, 2.24) is 10.3 Å². The molecule has 0 spiro atoms. The molecule has 1 aromatic rings. The van der Waals surface area contributed by atoms with Gasteiger partial charge in [0.15, 0.2) is 0 Å². The maximum atomic E-state index is 12.0. The largest absolute Gasteiger partial charge is 0.397 e. The number of nitrogen functional groups attached to an aromatic ring is 1. The van der Waals surface area contributed by atoms with Gasteiger partial charge in [-0.15, -0.1) is 0 Å². The third-order valence-corrected chi connectivity index (χ3v) is 3.35. The number of carbonyl (C=O) groups is 1. The molecule has 0 unspecified atom stereocenters. The third kappa shape index (κ3) is 6.04. The van der Waals surface area contributed by atoms with Crippen LogP contribution in [-0.4, -0.2) is 17.4 Å². The molecule has 0 bridgehead atoms. The van der Waals surface area contributed by atoms with E-state index in [9.17, 15) is 4.79 Å². The van der Waals surface area contributed by atoms with Gasteiger partial charge in [0.2, 0.25) is 0 Å². The average Bonchev–Trinajstić information content (AvgIpc) is 2.39. The maximum absolute atomic E-state index is 12.0. The molecule has 0 aliphatic rings. The van der Waals surface area contributed by atoms with Crippen LogP contribution in [0, 0.1) is 12.8 Å². The van der Waals surface area contributed by atoms with Crippen LogP contribution in [0.4, 0.5) is 5.69 Å². The number of aryl methyl sites for hydroxylation is 1. The van der Waals surface area contributed by atoms with E-state index in [1.165, 1.54) is 25.7 Å². The normalized spacial score (nSPS) is 10.8. The highest BCUT2D eigenvalue weighted by molar-refractivity contribution is 5.95. The van der Waals surface area contributed by atoms with Crippen molar-refractivity contribution in [3.63, 3.8) is 0 Å². The first-order valence-electron chi connectivity index (χ1n) is 7.51. The Balaban J connectivity index is 2.22. The van der Waals surface area contributed by atoms with Crippen LogP contribution in [0.5, 0.6) is 0 Å². The number of nitrogens with two attached hydrogens (primary N) is 1. The lowest BCUT2D eigenvalue weighted by Crippen LogP contribution is -2.25. The molecule has 0 atom stereocenters. The van der Waals surface area contributed by atoms with E-state index < -0.39 is 0 Å². The fraction of sp³-hybridized carbons (Fsp3) is 0.625. The minimum atomic E-state index is -0.0792. The predicted molar refractivity (Wildman–Crippen MR) is 83.6 cm³/mol. The number of pyridine rings is 1. The van der Waals surface area contributed by atoms with E-state index in [2.05, 4.69) is 24.1 Å². The molecule has 1 amide bonds. The summed E-state index contributed by atoms with van der Waals surface area (Å²) in [5.41, 5.74) is 7.47. The Morgan fingerprint density at radius 3 is 2.70 bits per heavy atom. The van der Waals surface area contributed by atoms with Crippen molar-refractivity contribution in [3.05, 3.63) is 23.5 Å². The predicted octanol–water partition coefficient (Wildman–Crippen LogP) is 3.31. The standard InChI is InChI=1S/C16H27N3O/c1-12(2)8-6-4-5-7-9-18-16(20)15-10-14(17)11-19-13(15)3/h10-12H,4-9,17H2,1-3H3,(H,18,20). The molecule has 0 saturated heterocycles. The van der Waals surface area contributed by atoms with Crippen LogP contribution in [0.2, 0.25) is 0 Å². The smallest absolute Gasteiger partial charge is 0.253 e. The molecule has 0 radical (unpaired) electrons. The van der Waals surface area contributed by atoms with Crippen LogP contribution in [-0.2, 0) is 0 Å². The van der Waals surface area contributed by atoms with E-state index in [0.717, 1.165) is 18.9 Å². The van der Waals surface area contributed by atoms with Crippen molar-refractivity contribution in [1.29, 1.82) is 0 Å². The summed E-state index contributed by atoms with van der Waals surface area (Å²) in [5.74, 6) is 0.707. The molecule has 0 saturated carbocycles. The van der Waals surface area contributed by atoms with Crippen LogP contribution in [0.25, 0.3) is 0 Å². The summed E-state index contributed by atoms with van der Waals surface area (Å²) in [6.45, 7) is 7.04. The molecule has 0 aliphatic heterocycles. The van der Waals surface area contributed by atoms with E-state index in [1.807, 2.05) is 6.92 Å². The van der Waals surface area contributed by atoms with Gasteiger partial charge in [0.05, 0.1) is 23.1 Å². The molecule has 1 rings (SSSR count). The van der Waals surface area contributed by atoms with Crippen molar-refractivity contribution in [2.75, 3.05) is 12.3 Å². The fourth-order valence-corrected chi connectivity index (χ4v) is 2.11. The summed E-state index contributed by atoms with van der Waals surface area (Å²) in [6, 6.07) is 1.68. The molecule has 4 nitrogen and oxygen atoms in total. The van der Waals surface area contributed by atoms with Gasteiger partial charge < -0.3 is 11.1 Å². The van der Waals surface area contributed by atoms with E-state index in [4.69, 9.17) is 5.73 Å². The zero-order valence-corrected chi connectivity index (χ0v) is 12.9. The minimum Gasteiger partial charge on any atom is -0.397 e. The fourth-order valence-electron chi connectivity index (χ4n) is 2.11. The Labute approximate surface area is 122 Å². The topological polar surface area (TPSA) is 68.0 Å². The Morgan fingerprint density at radius 2 is 2.00 bits per heavy atom. The summed E-state index contributed by atoms with van der Waals surface area (Å²) in [7, 11) is 0. The Hall–Kier alpha value is -1.58. The number of aromatic nitrogens is 1. The lowest BCUT2D eigenvalue weighted by atomic mass is 10.0. The SMILES string of the molecule is Cc1ncc(N)cc1C(=O)NCCCCCCC(C)C. The molecule has 4 heteroatoms. The van der Waals surface area contributed by atoms with Crippen LogP contribution >= 0.6 is 0 Å². The molecule has 112 valence electrons. The maximum Gasteiger partial charge on any atom is 0.253 e. The van der Waals surface area contributed by atoms with Gasteiger partial charge in [0.1, 0.15) is 0 Å². The van der Waals surface area contributed by atoms with E-state index in [-0.39, 0.29) is 5.91 Å². The quantitative estimate of drug-likeness (QED) is 0.716. The molecule has 1 aromatic heterocycles. The van der Waals surface area contributed by atoms with Gasteiger partial charge >= 0.3 is 0 Å². The number of nitrogens with one attached hydrogen (secondary N) is 1. The van der Waals surface area contributed by atoms with E-state index >= 15 is 0 Å². The molecular weight excluding hydrogens is 250 g/mol. The second-order valence-electron chi connectivity index (χ2n) is 5.75. The number of unbranched alkanes of at least 4 members (excludes halogenated alkanes) is 3. The van der Waals surface area contributed by atoms with Crippen molar-refractivity contribution in [2.45, 2.75) is 52.9 Å². The molecule has 3 N–H and O–H groups in total. The van der Waals surface area contributed by atoms with Gasteiger partial charge in [-0.2, -0.15) is 0 Å². The van der Waals surface area contributed by atoms with Crippen LogP contribution < -0.4 is 11.1 Å². The summed E-state index contributed by atoms with van der Waals surface area (Å²) in [4.78, 5) is 16.1. The zero-order valence-electron chi connectivity index (χ0n) is 12.9. The van der Waals surface area contributed by atoms with Crippen LogP contribution in [0.1, 0.15) is 62.0 Å². The molecular formula is C16H27N3O. The average molecular weight is 277 g/mol. The molecule has 0 aromatic carbocycles. The molecule has 1 heterocycles. The highest BCUT2D eigenvalue weighted by Gasteiger charge is 2.09. The lowest BCUT2D eigenvalue weighted by Gasteiger charge is -2.08. The first-order chi connectivity index (χ1) is 9.50. The number of anilines is 1. The van der Waals surface area contributed by atoms with Gasteiger partial charge in [0, 0.05) is 6.54 Å². The Kier molecular flexibility index (Phi) is 7.05. The molecule has 0 aliphatic carbocycles. The summed E-state index contributed by atoms with van der Waals surface area (Å²) in [6.07, 6.45) is 7.58. The van der Waals surface area contributed by atoms with Gasteiger partial charge in [-0.05, 0) is 25.3 Å². The summed E-state index contributed by atoms with van der Waals surface area (Å²) in [5, 5.41) is 2.93. The van der Waals surface area contributed by atoms with Crippen LogP contribution in [0.3, 0.4) is 0 Å². The van der Waals surface area contributed by atoms with Crippen molar-refractivity contribution < 1.29 is 4.79 Å². The summed E-state index contributed by atoms with van der Waals surface area (Å²) < 4.78 is 0. The van der Waals surface area contributed by atoms with Gasteiger partial charge in [-0.1, -0.05) is 39.5 Å². The molecule has 0 fully saturated rings. The number of hydrogen-bond acceptors (Lipinski definition) is 3. The van der Waals surface area contributed by atoms with Gasteiger partial charge in [-0.3, -0.25) is 9.78 Å². The first-order valence-corrected chi connectivity index (χ1v) is 7.51. The summed E-state index contributed by atoms with van der Waals surface area (Å²) >= 11 is 0. The first kappa shape index (κ1) is 16.5. The van der Waals surface area contributed by atoms with Gasteiger partial charge in [0.25, 0.3) is 5.91 Å². The van der Waals surface area contributed by atoms with Gasteiger partial charge in [-0.25, -0.2) is 0 Å². The lowest BCUT2D eigenvalue weighted by molar-refractivity contribution is 0.0952. The van der Waals surface area contributed by atoms with Crippen molar-refractivity contribution >= 4 is 11.6 Å². The number of amides is 1. The highest BCUT2D eigenvalue weighted by atomic mass is 16.1. The monoisotopic (exact) mass is 277 g/mol. The van der Waals surface area contributed by atoms with Crippen molar-refractivity contribution in [2.24, 2.45) is 5.92 Å².